The molecule has 0 bridgehead atoms. The number of carboxylic acid groups (broad SMARTS) is 1. The van der Waals surface area contributed by atoms with Crippen molar-refractivity contribution in [2.75, 3.05) is 11.9 Å². The number of aliphatic carboxylic acids is 1. The molecule has 2 N–H and O–H groups in total. The van der Waals surface area contributed by atoms with E-state index in [2.05, 4.69) is 5.32 Å². The molecule has 1 aromatic carbocycles. The highest BCUT2D eigenvalue weighted by atomic mass is 16.4. The Labute approximate surface area is 125 Å². The van der Waals surface area contributed by atoms with E-state index in [-0.39, 0.29) is 18.0 Å². The second-order valence-corrected chi connectivity index (χ2v) is 5.73. The van der Waals surface area contributed by atoms with E-state index >= 15 is 0 Å². The van der Waals surface area contributed by atoms with Crippen LogP contribution in [-0.2, 0) is 4.79 Å². The van der Waals surface area contributed by atoms with Crippen LogP contribution in [0.3, 0.4) is 0 Å². The van der Waals surface area contributed by atoms with Crippen LogP contribution in [-0.4, -0.2) is 30.2 Å². The van der Waals surface area contributed by atoms with Crippen LogP contribution in [0.15, 0.2) is 24.3 Å². The Morgan fingerprint density at radius 1 is 1.24 bits per heavy atom. The van der Waals surface area contributed by atoms with Crippen molar-refractivity contribution in [1.29, 1.82) is 0 Å². The van der Waals surface area contributed by atoms with Crippen LogP contribution in [0, 0.1) is 12.8 Å². The van der Waals surface area contributed by atoms with Crippen molar-refractivity contribution < 1.29 is 14.7 Å². The molecule has 1 aliphatic rings. The van der Waals surface area contributed by atoms with Gasteiger partial charge in [-0.1, -0.05) is 12.1 Å². The summed E-state index contributed by atoms with van der Waals surface area (Å²) < 4.78 is 0. The van der Waals surface area contributed by atoms with Gasteiger partial charge in [-0.25, -0.2) is 4.79 Å². The van der Waals surface area contributed by atoms with Gasteiger partial charge in [0.05, 0.1) is 5.92 Å². The van der Waals surface area contributed by atoms with Crippen LogP contribution in [0.5, 0.6) is 0 Å². The molecule has 0 saturated heterocycles. The Balaban J connectivity index is 1.89. The number of nitrogens with zero attached hydrogens (tertiary/aromatic N) is 1. The van der Waals surface area contributed by atoms with Gasteiger partial charge >= 0.3 is 12.0 Å². The SMILES string of the molecule is Cc1cccc(N(C)C(=O)NC2CCC(C(=O)O)CC2)c1. The summed E-state index contributed by atoms with van der Waals surface area (Å²) in [4.78, 5) is 24.7. The molecule has 1 aliphatic carbocycles. The summed E-state index contributed by atoms with van der Waals surface area (Å²) in [5.74, 6) is -0.982. The molecule has 2 rings (SSSR count). The summed E-state index contributed by atoms with van der Waals surface area (Å²) in [5, 5.41) is 12.0. The molecule has 5 heteroatoms. The molecule has 0 atom stereocenters. The van der Waals surface area contributed by atoms with Crippen molar-refractivity contribution in [3.63, 3.8) is 0 Å². The summed E-state index contributed by atoms with van der Waals surface area (Å²) in [6.07, 6.45) is 2.72. The predicted octanol–water partition coefficient (Wildman–Crippen LogP) is 2.78. The van der Waals surface area contributed by atoms with Gasteiger partial charge in [-0.15, -0.1) is 0 Å². The Bertz CT molecular complexity index is 522. The lowest BCUT2D eigenvalue weighted by atomic mass is 9.86. The highest BCUT2D eigenvalue weighted by molar-refractivity contribution is 5.91. The Hall–Kier alpha value is -2.04. The van der Waals surface area contributed by atoms with Crippen molar-refractivity contribution in [2.24, 2.45) is 5.92 Å². The number of amides is 2. The number of nitrogens with one attached hydrogen (secondary N) is 1. The minimum Gasteiger partial charge on any atom is -0.481 e. The van der Waals surface area contributed by atoms with Gasteiger partial charge in [0.1, 0.15) is 0 Å². The molecule has 1 saturated carbocycles. The van der Waals surface area contributed by atoms with E-state index < -0.39 is 5.97 Å². The van der Waals surface area contributed by atoms with E-state index in [1.54, 1.807) is 11.9 Å². The zero-order valence-corrected chi connectivity index (χ0v) is 12.5. The first-order chi connectivity index (χ1) is 9.97. The largest absolute Gasteiger partial charge is 0.481 e. The van der Waals surface area contributed by atoms with Crippen molar-refractivity contribution in [1.82, 2.24) is 5.32 Å². The lowest BCUT2D eigenvalue weighted by molar-refractivity contribution is -0.142. The first kappa shape index (κ1) is 15.4. The first-order valence-electron chi connectivity index (χ1n) is 7.31. The standard InChI is InChI=1S/C16H22N2O3/c1-11-4-3-5-14(10-11)18(2)16(21)17-13-8-6-12(7-9-13)15(19)20/h3-5,10,12-13H,6-9H2,1-2H3,(H,17,21)(H,19,20). The molecular formula is C16H22N2O3. The van der Waals surface area contributed by atoms with E-state index in [1.807, 2.05) is 31.2 Å². The Kier molecular flexibility index (Phi) is 4.83. The monoisotopic (exact) mass is 290 g/mol. The molecule has 1 aromatic rings. The van der Waals surface area contributed by atoms with Gasteiger partial charge in [0.15, 0.2) is 0 Å². The lowest BCUT2D eigenvalue weighted by Gasteiger charge is -2.29. The number of aryl methyl sites for hydroxylation is 1. The van der Waals surface area contributed by atoms with Crippen LogP contribution < -0.4 is 10.2 Å². The van der Waals surface area contributed by atoms with Crippen molar-refractivity contribution in [3.05, 3.63) is 29.8 Å². The number of hydrogen-bond acceptors (Lipinski definition) is 2. The molecule has 0 aliphatic heterocycles. The predicted molar refractivity (Wildman–Crippen MR) is 81.5 cm³/mol. The topological polar surface area (TPSA) is 69.6 Å². The number of carboxylic acids is 1. The van der Waals surface area contributed by atoms with Crippen molar-refractivity contribution in [2.45, 2.75) is 38.6 Å². The van der Waals surface area contributed by atoms with Gasteiger partial charge in [-0.3, -0.25) is 9.69 Å². The number of anilines is 1. The quantitative estimate of drug-likeness (QED) is 0.899. The van der Waals surface area contributed by atoms with Gasteiger partial charge in [-0.2, -0.15) is 0 Å². The molecule has 0 unspecified atom stereocenters. The maximum absolute atomic E-state index is 12.2. The van der Waals surface area contributed by atoms with E-state index in [1.165, 1.54) is 0 Å². The van der Waals surface area contributed by atoms with Gasteiger partial charge in [0.2, 0.25) is 0 Å². The Morgan fingerprint density at radius 2 is 1.90 bits per heavy atom. The lowest BCUT2D eigenvalue weighted by Crippen LogP contribution is -2.45. The molecule has 0 heterocycles. The summed E-state index contributed by atoms with van der Waals surface area (Å²) in [5.41, 5.74) is 1.96. The molecule has 5 nitrogen and oxygen atoms in total. The fraction of sp³-hybridized carbons (Fsp3) is 0.500. The number of carbonyl (C=O) groups is 2. The van der Waals surface area contributed by atoms with Crippen molar-refractivity contribution >= 4 is 17.7 Å². The summed E-state index contributed by atoms with van der Waals surface area (Å²) in [6.45, 7) is 1.99. The van der Waals surface area contributed by atoms with E-state index in [4.69, 9.17) is 5.11 Å². The molecule has 1 fully saturated rings. The summed E-state index contributed by atoms with van der Waals surface area (Å²) in [6, 6.07) is 7.70. The second kappa shape index (κ2) is 6.61. The molecule has 2 amide bonds. The number of urea groups is 1. The maximum atomic E-state index is 12.2. The zero-order chi connectivity index (χ0) is 15.4. The van der Waals surface area contributed by atoms with Crippen LogP contribution >= 0.6 is 0 Å². The fourth-order valence-electron chi connectivity index (χ4n) is 2.71. The minimum absolute atomic E-state index is 0.0698. The number of carbonyl (C=O) groups excluding carboxylic acids is 1. The second-order valence-electron chi connectivity index (χ2n) is 5.73. The smallest absolute Gasteiger partial charge is 0.321 e. The van der Waals surface area contributed by atoms with Crippen LogP contribution in [0.1, 0.15) is 31.2 Å². The molecule has 0 spiro atoms. The van der Waals surface area contributed by atoms with E-state index in [0.29, 0.717) is 12.8 Å². The average molecular weight is 290 g/mol. The molecule has 21 heavy (non-hydrogen) atoms. The normalized spacial score (nSPS) is 21.6. The van der Waals surface area contributed by atoms with E-state index in [9.17, 15) is 9.59 Å². The van der Waals surface area contributed by atoms with Crippen molar-refractivity contribution in [3.8, 4) is 0 Å². The van der Waals surface area contributed by atoms with E-state index in [0.717, 1.165) is 24.1 Å². The number of benzene rings is 1. The third-order valence-corrected chi connectivity index (χ3v) is 4.10. The van der Waals surface area contributed by atoms with Gasteiger partial charge in [0, 0.05) is 18.8 Å². The van der Waals surface area contributed by atoms with Crippen LogP contribution in [0.25, 0.3) is 0 Å². The molecule has 114 valence electrons. The highest BCUT2D eigenvalue weighted by Gasteiger charge is 2.27. The average Bonchev–Trinajstić information content (AvgIpc) is 2.47. The fourth-order valence-corrected chi connectivity index (χ4v) is 2.71. The summed E-state index contributed by atoms with van der Waals surface area (Å²) in [7, 11) is 1.74. The minimum atomic E-state index is -0.725. The molecule has 0 aromatic heterocycles. The van der Waals surface area contributed by atoms with Gasteiger partial charge in [-0.05, 0) is 50.3 Å². The maximum Gasteiger partial charge on any atom is 0.321 e. The van der Waals surface area contributed by atoms with Crippen LogP contribution in [0.2, 0.25) is 0 Å². The number of rotatable bonds is 3. The molecular weight excluding hydrogens is 268 g/mol. The van der Waals surface area contributed by atoms with Crippen LogP contribution in [0.4, 0.5) is 10.5 Å². The molecule has 0 radical (unpaired) electrons. The first-order valence-corrected chi connectivity index (χ1v) is 7.31. The highest BCUT2D eigenvalue weighted by Crippen LogP contribution is 2.24. The Morgan fingerprint density at radius 3 is 2.48 bits per heavy atom. The zero-order valence-electron chi connectivity index (χ0n) is 12.5. The summed E-state index contributed by atoms with van der Waals surface area (Å²) >= 11 is 0. The third-order valence-electron chi connectivity index (χ3n) is 4.10. The van der Waals surface area contributed by atoms with Gasteiger partial charge in [0.25, 0.3) is 0 Å². The van der Waals surface area contributed by atoms with Gasteiger partial charge < -0.3 is 10.4 Å². The third kappa shape index (κ3) is 3.97. The number of hydrogen-bond donors (Lipinski definition) is 2.